The minimum absolute atomic E-state index is 0.219. The average Bonchev–Trinajstić information content (AvgIpc) is 3.09. The molecule has 0 amide bonds. The van der Waals surface area contributed by atoms with Crippen LogP contribution in [0.5, 0.6) is 0 Å². The summed E-state index contributed by atoms with van der Waals surface area (Å²) in [6, 6.07) is 5.53. The summed E-state index contributed by atoms with van der Waals surface area (Å²) in [4.78, 5) is 23.2. The summed E-state index contributed by atoms with van der Waals surface area (Å²) >= 11 is 0. The van der Waals surface area contributed by atoms with Crippen molar-refractivity contribution in [1.82, 2.24) is 0 Å². The lowest BCUT2D eigenvalue weighted by Crippen LogP contribution is -2.22. The first kappa shape index (κ1) is 10.3. The van der Waals surface area contributed by atoms with Crippen LogP contribution in [0.15, 0.2) is 18.2 Å². The number of carbonyl (C=O) groups excluding carboxylic acids is 2. The predicted octanol–water partition coefficient (Wildman–Crippen LogP) is 1.56. The highest BCUT2D eigenvalue weighted by atomic mass is 16.5. The Morgan fingerprint density at radius 2 is 2.18 bits per heavy atom. The van der Waals surface area contributed by atoms with Crippen LogP contribution in [0.25, 0.3) is 0 Å². The molecule has 3 rings (SSSR count). The van der Waals surface area contributed by atoms with Crippen LogP contribution in [0.1, 0.15) is 34.3 Å². The minimum atomic E-state index is -0.521. The molecular weight excluding hydrogens is 220 g/mol. The fourth-order valence-corrected chi connectivity index (χ4v) is 2.34. The van der Waals surface area contributed by atoms with Crippen molar-refractivity contribution >= 4 is 11.9 Å². The standard InChI is InChI=1S/C13H12O4/c1-16-12(15)13(4-5-13)9-3-2-8-7-17-11(14)10(8)6-9/h2-3,6H,4-5,7H2,1H3. The molecule has 0 bridgehead atoms. The lowest BCUT2D eigenvalue weighted by Gasteiger charge is -2.13. The van der Waals surface area contributed by atoms with Crippen molar-refractivity contribution in [2.75, 3.05) is 7.11 Å². The number of benzene rings is 1. The fourth-order valence-electron chi connectivity index (χ4n) is 2.34. The van der Waals surface area contributed by atoms with Gasteiger partial charge >= 0.3 is 11.9 Å². The molecule has 1 aromatic rings. The Balaban J connectivity index is 2.03. The summed E-state index contributed by atoms with van der Waals surface area (Å²) < 4.78 is 9.77. The Labute approximate surface area is 98.5 Å². The second-order valence-electron chi connectivity index (χ2n) is 4.52. The summed E-state index contributed by atoms with van der Waals surface area (Å²) in [7, 11) is 1.39. The van der Waals surface area contributed by atoms with E-state index >= 15 is 0 Å². The molecular formula is C13H12O4. The van der Waals surface area contributed by atoms with Crippen LogP contribution >= 0.6 is 0 Å². The van der Waals surface area contributed by atoms with Crippen LogP contribution in [0.3, 0.4) is 0 Å². The molecule has 17 heavy (non-hydrogen) atoms. The van der Waals surface area contributed by atoms with E-state index in [9.17, 15) is 9.59 Å². The van der Waals surface area contributed by atoms with E-state index in [1.54, 1.807) is 6.07 Å². The first-order valence-corrected chi connectivity index (χ1v) is 5.56. The molecule has 2 aliphatic rings. The number of methoxy groups -OCH3 is 1. The molecule has 4 nitrogen and oxygen atoms in total. The molecule has 1 heterocycles. The maximum absolute atomic E-state index is 11.7. The smallest absolute Gasteiger partial charge is 0.338 e. The van der Waals surface area contributed by atoms with Crippen molar-refractivity contribution in [1.29, 1.82) is 0 Å². The molecule has 1 aliphatic heterocycles. The van der Waals surface area contributed by atoms with E-state index in [1.165, 1.54) is 7.11 Å². The number of hydrogen-bond acceptors (Lipinski definition) is 4. The Kier molecular flexibility index (Phi) is 2.02. The van der Waals surface area contributed by atoms with Gasteiger partial charge in [0.15, 0.2) is 0 Å². The molecule has 0 spiro atoms. The molecule has 0 aromatic heterocycles. The molecule has 0 saturated heterocycles. The van der Waals surface area contributed by atoms with Gasteiger partial charge in [0.05, 0.1) is 18.1 Å². The quantitative estimate of drug-likeness (QED) is 0.726. The van der Waals surface area contributed by atoms with Crippen LogP contribution in [0.4, 0.5) is 0 Å². The van der Waals surface area contributed by atoms with Gasteiger partial charge in [0.2, 0.25) is 0 Å². The van der Waals surface area contributed by atoms with Gasteiger partial charge in [0.25, 0.3) is 0 Å². The predicted molar refractivity (Wildman–Crippen MR) is 58.5 cm³/mol. The monoisotopic (exact) mass is 232 g/mol. The number of cyclic esters (lactones) is 1. The highest BCUT2D eigenvalue weighted by Crippen LogP contribution is 2.49. The normalized spacial score (nSPS) is 19.5. The van der Waals surface area contributed by atoms with E-state index < -0.39 is 5.41 Å². The van der Waals surface area contributed by atoms with Gasteiger partial charge in [0, 0.05) is 5.56 Å². The first-order chi connectivity index (χ1) is 8.17. The van der Waals surface area contributed by atoms with Crippen molar-refractivity contribution < 1.29 is 19.1 Å². The van der Waals surface area contributed by atoms with Gasteiger partial charge in [0.1, 0.15) is 6.61 Å². The minimum Gasteiger partial charge on any atom is -0.468 e. The van der Waals surface area contributed by atoms with Crippen molar-refractivity contribution in [3.05, 3.63) is 34.9 Å². The van der Waals surface area contributed by atoms with Crippen LogP contribution in [-0.4, -0.2) is 19.0 Å². The zero-order valence-electron chi connectivity index (χ0n) is 9.49. The van der Waals surface area contributed by atoms with Crippen LogP contribution in [-0.2, 0) is 26.3 Å². The highest BCUT2D eigenvalue weighted by molar-refractivity contribution is 5.94. The molecule has 0 radical (unpaired) electrons. The summed E-state index contributed by atoms with van der Waals surface area (Å²) in [5.74, 6) is -0.522. The van der Waals surface area contributed by atoms with Gasteiger partial charge in [-0.2, -0.15) is 0 Å². The topological polar surface area (TPSA) is 52.6 Å². The van der Waals surface area contributed by atoms with Crippen molar-refractivity contribution in [3.8, 4) is 0 Å². The number of ether oxygens (including phenoxy) is 2. The first-order valence-electron chi connectivity index (χ1n) is 5.56. The molecule has 1 aliphatic carbocycles. The van der Waals surface area contributed by atoms with Crippen molar-refractivity contribution in [2.45, 2.75) is 24.9 Å². The highest BCUT2D eigenvalue weighted by Gasteiger charge is 2.52. The van der Waals surface area contributed by atoms with Crippen LogP contribution in [0, 0.1) is 0 Å². The fraction of sp³-hybridized carbons (Fsp3) is 0.385. The second-order valence-corrected chi connectivity index (χ2v) is 4.52. The van der Waals surface area contributed by atoms with Crippen LogP contribution < -0.4 is 0 Å². The molecule has 1 saturated carbocycles. The Bertz CT molecular complexity index is 514. The third kappa shape index (κ3) is 1.37. The Hall–Kier alpha value is -1.84. The molecule has 0 N–H and O–H groups in total. The zero-order chi connectivity index (χ0) is 12.0. The molecule has 0 unspecified atom stereocenters. The van der Waals surface area contributed by atoms with Gasteiger partial charge in [-0.25, -0.2) is 4.79 Å². The van der Waals surface area contributed by atoms with E-state index in [0.29, 0.717) is 12.2 Å². The van der Waals surface area contributed by atoms with Crippen molar-refractivity contribution in [3.63, 3.8) is 0 Å². The average molecular weight is 232 g/mol. The molecule has 88 valence electrons. The SMILES string of the molecule is COC(=O)C1(c2ccc3c(c2)C(=O)OC3)CC1. The van der Waals surface area contributed by atoms with Crippen molar-refractivity contribution in [2.24, 2.45) is 0 Å². The van der Waals surface area contributed by atoms with E-state index in [2.05, 4.69) is 0 Å². The largest absolute Gasteiger partial charge is 0.468 e. The van der Waals surface area contributed by atoms with Gasteiger partial charge in [-0.05, 0) is 24.5 Å². The van der Waals surface area contributed by atoms with E-state index in [0.717, 1.165) is 24.0 Å². The Morgan fingerprint density at radius 1 is 1.41 bits per heavy atom. The summed E-state index contributed by atoms with van der Waals surface area (Å²) in [6.07, 6.45) is 1.57. The molecule has 1 fully saturated rings. The third-order valence-corrected chi connectivity index (χ3v) is 3.57. The van der Waals surface area contributed by atoms with E-state index in [1.807, 2.05) is 12.1 Å². The zero-order valence-corrected chi connectivity index (χ0v) is 9.49. The van der Waals surface area contributed by atoms with Gasteiger partial charge < -0.3 is 9.47 Å². The van der Waals surface area contributed by atoms with Gasteiger partial charge in [-0.1, -0.05) is 12.1 Å². The number of hydrogen-bond donors (Lipinski definition) is 0. The summed E-state index contributed by atoms with van der Waals surface area (Å²) in [6.45, 7) is 0.333. The number of fused-ring (bicyclic) bond motifs is 1. The summed E-state index contributed by atoms with van der Waals surface area (Å²) in [5.41, 5.74) is 1.81. The summed E-state index contributed by atoms with van der Waals surface area (Å²) in [5, 5.41) is 0. The lowest BCUT2D eigenvalue weighted by molar-refractivity contribution is -0.143. The van der Waals surface area contributed by atoms with Crippen LogP contribution in [0.2, 0.25) is 0 Å². The Morgan fingerprint density at radius 3 is 2.82 bits per heavy atom. The third-order valence-electron chi connectivity index (χ3n) is 3.57. The number of carbonyl (C=O) groups is 2. The molecule has 0 atom stereocenters. The second kappa shape index (κ2) is 3.32. The van der Waals surface area contributed by atoms with Gasteiger partial charge in [-0.3, -0.25) is 4.79 Å². The molecule has 4 heteroatoms. The molecule has 1 aromatic carbocycles. The number of rotatable bonds is 2. The maximum atomic E-state index is 11.7. The maximum Gasteiger partial charge on any atom is 0.338 e. The van der Waals surface area contributed by atoms with Gasteiger partial charge in [-0.15, -0.1) is 0 Å². The number of esters is 2. The van der Waals surface area contributed by atoms with E-state index in [4.69, 9.17) is 9.47 Å². The lowest BCUT2D eigenvalue weighted by atomic mass is 9.93. The van der Waals surface area contributed by atoms with E-state index in [-0.39, 0.29) is 11.9 Å².